The molecule has 0 aromatic carbocycles. The molecule has 5 nitrogen and oxygen atoms in total. The van der Waals surface area contributed by atoms with E-state index in [9.17, 15) is 4.79 Å². The van der Waals surface area contributed by atoms with E-state index in [-0.39, 0.29) is 11.8 Å². The third-order valence-corrected chi connectivity index (χ3v) is 4.22. The number of carboxylic acids is 1. The van der Waals surface area contributed by atoms with E-state index in [0.29, 0.717) is 5.92 Å². The second-order valence-corrected chi connectivity index (χ2v) is 5.87. The molecule has 3 rings (SSSR count). The molecule has 0 bridgehead atoms. The maximum absolute atomic E-state index is 11.0. The highest BCUT2D eigenvalue weighted by Crippen LogP contribution is 2.44. The number of carboxylic acid groups (broad SMARTS) is 1. The lowest BCUT2D eigenvalue weighted by molar-refractivity contribution is -0.139. The number of hydrogen-bond acceptors (Lipinski definition) is 3. The summed E-state index contributed by atoms with van der Waals surface area (Å²) in [6.07, 6.45) is 7.64. The summed E-state index contributed by atoms with van der Waals surface area (Å²) in [6, 6.07) is 0. The molecule has 0 saturated heterocycles. The van der Waals surface area contributed by atoms with Gasteiger partial charge >= 0.3 is 5.97 Å². The number of carbonyl (C=O) groups is 1. The fourth-order valence-corrected chi connectivity index (χ4v) is 3.13. The highest BCUT2D eigenvalue weighted by atomic mass is 16.4. The molecular weight excluding hydrogens is 230 g/mol. The molecule has 0 atom stereocenters. The van der Waals surface area contributed by atoms with Gasteiger partial charge in [0, 0.05) is 12.3 Å². The second-order valence-electron chi connectivity index (χ2n) is 5.87. The van der Waals surface area contributed by atoms with Crippen LogP contribution < -0.4 is 0 Å². The number of aromatic nitrogens is 3. The molecule has 2 aliphatic rings. The van der Waals surface area contributed by atoms with Gasteiger partial charge in [0.1, 0.15) is 5.82 Å². The maximum atomic E-state index is 11.0. The van der Waals surface area contributed by atoms with Crippen LogP contribution in [0, 0.1) is 5.41 Å². The van der Waals surface area contributed by atoms with Crippen molar-refractivity contribution in [3.8, 4) is 0 Å². The van der Waals surface area contributed by atoms with Crippen molar-refractivity contribution in [1.82, 2.24) is 15.2 Å². The minimum absolute atomic E-state index is 0.0911. The molecule has 0 amide bonds. The molecule has 5 heteroatoms. The van der Waals surface area contributed by atoms with E-state index in [1.807, 2.05) is 0 Å². The van der Waals surface area contributed by atoms with E-state index in [1.165, 1.54) is 12.8 Å². The first-order chi connectivity index (χ1) is 8.67. The SMILES string of the molecule is O=C(O)CC1(Cc2nc(C3CC3)n[nH]2)CCCC1. The van der Waals surface area contributed by atoms with Gasteiger partial charge in [-0.15, -0.1) is 0 Å². The van der Waals surface area contributed by atoms with Gasteiger partial charge in [-0.1, -0.05) is 12.8 Å². The summed E-state index contributed by atoms with van der Waals surface area (Å²) < 4.78 is 0. The summed E-state index contributed by atoms with van der Waals surface area (Å²) >= 11 is 0. The van der Waals surface area contributed by atoms with Gasteiger partial charge in [0.05, 0.1) is 6.42 Å². The van der Waals surface area contributed by atoms with Crippen molar-refractivity contribution in [3.05, 3.63) is 11.6 Å². The van der Waals surface area contributed by atoms with E-state index in [2.05, 4.69) is 15.2 Å². The first-order valence-electron chi connectivity index (χ1n) is 6.80. The smallest absolute Gasteiger partial charge is 0.303 e. The van der Waals surface area contributed by atoms with Gasteiger partial charge in [-0.25, -0.2) is 4.98 Å². The van der Waals surface area contributed by atoms with Gasteiger partial charge in [0.15, 0.2) is 5.82 Å². The molecule has 0 spiro atoms. The first-order valence-corrected chi connectivity index (χ1v) is 6.80. The topological polar surface area (TPSA) is 78.9 Å². The van der Waals surface area contributed by atoms with Gasteiger partial charge < -0.3 is 5.11 Å². The van der Waals surface area contributed by atoms with Crippen LogP contribution in [-0.2, 0) is 11.2 Å². The van der Waals surface area contributed by atoms with E-state index in [0.717, 1.165) is 43.8 Å². The van der Waals surface area contributed by atoms with Gasteiger partial charge in [-0.05, 0) is 31.1 Å². The molecular formula is C13H19N3O2. The van der Waals surface area contributed by atoms with E-state index >= 15 is 0 Å². The highest BCUT2D eigenvalue weighted by Gasteiger charge is 2.37. The number of aliphatic carboxylic acids is 1. The Morgan fingerprint density at radius 3 is 2.72 bits per heavy atom. The van der Waals surface area contributed by atoms with Crippen LogP contribution >= 0.6 is 0 Å². The van der Waals surface area contributed by atoms with Crippen molar-refractivity contribution in [2.75, 3.05) is 0 Å². The molecule has 2 N–H and O–H groups in total. The van der Waals surface area contributed by atoms with Crippen LogP contribution in [0.15, 0.2) is 0 Å². The van der Waals surface area contributed by atoms with Crippen LogP contribution in [0.1, 0.15) is 62.5 Å². The summed E-state index contributed by atoms with van der Waals surface area (Å²) in [7, 11) is 0. The molecule has 1 aromatic heterocycles. The lowest BCUT2D eigenvalue weighted by Gasteiger charge is -2.25. The summed E-state index contributed by atoms with van der Waals surface area (Å²) in [5.74, 6) is 1.65. The van der Waals surface area contributed by atoms with Crippen LogP contribution in [0.2, 0.25) is 0 Å². The highest BCUT2D eigenvalue weighted by molar-refractivity contribution is 5.67. The third-order valence-electron chi connectivity index (χ3n) is 4.22. The Hall–Kier alpha value is -1.39. The minimum atomic E-state index is -0.696. The Labute approximate surface area is 106 Å². The average Bonchev–Trinajstić information content (AvgIpc) is 2.90. The van der Waals surface area contributed by atoms with Crippen molar-refractivity contribution in [2.45, 2.75) is 57.3 Å². The van der Waals surface area contributed by atoms with E-state index in [1.54, 1.807) is 0 Å². The number of H-pyrrole nitrogens is 1. The zero-order valence-electron chi connectivity index (χ0n) is 10.5. The molecule has 1 aromatic rings. The van der Waals surface area contributed by atoms with Crippen molar-refractivity contribution in [3.63, 3.8) is 0 Å². The summed E-state index contributed by atoms with van der Waals surface area (Å²) in [4.78, 5) is 15.6. The average molecular weight is 249 g/mol. The lowest BCUT2D eigenvalue weighted by atomic mass is 9.79. The largest absolute Gasteiger partial charge is 0.481 e. The molecule has 0 radical (unpaired) electrons. The Bertz CT molecular complexity index is 445. The van der Waals surface area contributed by atoms with Crippen molar-refractivity contribution >= 4 is 5.97 Å². The third kappa shape index (κ3) is 2.40. The number of aromatic amines is 1. The van der Waals surface area contributed by atoms with Crippen molar-refractivity contribution in [1.29, 1.82) is 0 Å². The molecule has 0 aliphatic heterocycles. The number of nitrogens with one attached hydrogen (secondary N) is 1. The molecule has 98 valence electrons. The van der Waals surface area contributed by atoms with E-state index in [4.69, 9.17) is 5.11 Å². The molecule has 2 fully saturated rings. The standard InChI is InChI=1S/C13H19N3O2/c17-11(18)8-13(5-1-2-6-13)7-10-14-12(16-15-10)9-3-4-9/h9H,1-8H2,(H,17,18)(H,14,15,16). The van der Waals surface area contributed by atoms with Crippen LogP contribution in [-0.4, -0.2) is 26.3 Å². The van der Waals surface area contributed by atoms with Gasteiger partial charge in [-0.3, -0.25) is 9.89 Å². The Morgan fingerprint density at radius 1 is 1.39 bits per heavy atom. The van der Waals surface area contributed by atoms with Gasteiger partial charge in [-0.2, -0.15) is 5.10 Å². The quantitative estimate of drug-likeness (QED) is 0.839. The van der Waals surface area contributed by atoms with Crippen LogP contribution in [0.5, 0.6) is 0 Å². The normalized spacial score (nSPS) is 22.2. The van der Waals surface area contributed by atoms with Crippen LogP contribution in [0.3, 0.4) is 0 Å². The Morgan fingerprint density at radius 2 is 2.11 bits per heavy atom. The molecule has 0 unspecified atom stereocenters. The molecule has 2 aliphatic carbocycles. The number of rotatable bonds is 5. The Balaban J connectivity index is 1.72. The van der Waals surface area contributed by atoms with Crippen molar-refractivity contribution in [2.24, 2.45) is 5.41 Å². The zero-order valence-corrected chi connectivity index (χ0v) is 10.5. The summed E-state index contributed by atoms with van der Waals surface area (Å²) in [6.45, 7) is 0. The first kappa shape index (κ1) is 11.7. The Kier molecular flexibility index (Phi) is 2.84. The number of nitrogens with zero attached hydrogens (tertiary/aromatic N) is 2. The van der Waals surface area contributed by atoms with E-state index < -0.39 is 5.97 Å². The minimum Gasteiger partial charge on any atom is -0.481 e. The fraction of sp³-hybridized carbons (Fsp3) is 0.769. The number of hydrogen-bond donors (Lipinski definition) is 2. The van der Waals surface area contributed by atoms with Crippen LogP contribution in [0.4, 0.5) is 0 Å². The summed E-state index contributed by atoms with van der Waals surface area (Å²) in [5, 5.41) is 16.3. The molecule has 18 heavy (non-hydrogen) atoms. The second kappa shape index (κ2) is 4.37. The fourth-order valence-electron chi connectivity index (χ4n) is 3.13. The van der Waals surface area contributed by atoms with Gasteiger partial charge in [0.2, 0.25) is 0 Å². The predicted octanol–water partition coefficient (Wildman–Crippen LogP) is 2.26. The maximum Gasteiger partial charge on any atom is 0.303 e. The summed E-state index contributed by atoms with van der Waals surface area (Å²) in [5.41, 5.74) is -0.0911. The van der Waals surface area contributed by atoms with Crippen molar-refractivity contribution < 1.29 is 9.90 Å². The monoisotopic (exact) mass is 249 g/mol. The molecule has 2 saturated carbocycles. The zero-order chi connectivity index (χ0) is 12.6. The van der Waals surface area contributed by atoms with Gasteiger partial charge in [0.25, 0.3) is 0 Å². The predicted molar refractivity (Wildman–Crippen MR) is 65.2 cm³/mol. The lowest BCUT2D eigenvalue weighted by Crippen LogP contribution is -2.24. The van der Waals surface area contributed by atoms with Crippen LogP contribution in [0.25, 0.3) is 0 Å². The molecule has 1 heterocycles.